The molecule has 2 fully saturated rings. The molecule has 23 heavy (non-hydrogen) atoms. The summed E-state index contributed by atoms with van der Waals surface area (Å²) >= 11 is 0. The van der Waals surface area contributed by atoms with Gasteiger partial charge in [0, 0.05) is 12.3 Å². The lowest BCUT2D eigenvalue weighted by molar-refractivity contribution is -0.0222. The topological polar surface area (TPSA) is 67.8 Å². The summed E-state index contributed by atoms with van der Waals surface area (Å²) in [5, 5.41) is 10.8. The number of rotatable bonds is 4. The highest BCUT2D eigenvalue weighted by Gasteiger charge is 2.50. The van der Waals surface area contributed by atoms with Crippen molar-refractivity contribution in [2.45, 2.75) is 49.7 Å². The molecular weight excluding hydrogens is 292 g/mol. The fraction of sp³-hybridized carbons (Fsp3) is 0.556. The Labute approximate surface area is 135 Å². The van der Waals surface area contributed by atoms with Crippen molar-refractivity contribution in [2.24, 2.45) is 0 Å². The molecule has 1 saturated heterocycles. The van der Waals surface area contributed by atoms with Crippen LogP contribution in [0.1, 0.15) is 37.7 Å². The molecule has 1 N–H and O–H groups in total. The Morgan fingerprint density at radius 1 is 1.22 bits per heavy atom. The molecule has 3 heterocycles. The molecule has 5 heteroatoms. The number of epoxide rings is 1. The number of ether oxygens (including phenoxy) is 2. The quantitative estimate of drug-likeness (QED) is 0.879. The van der Waals surface area contributed by atoms with Gasteiger partial charge in [-0.25, -0.2) is 4.98 Å². The molecule has 1 spiro atoms. The molecule has 0 amide bonds. The number of nitrogens with zero attached hydrogens (tertiary/aromatic N) is 2. The molecule has 2 aromatic heterocycles. The van der Waals surface area contributed by atoms with Crippen molar-refractivity contribution < 1.29 is 14.6 Å². The lowest BCUT2D eigenvalue weighted by Gasteiger charge is -2.35. The molecular formula is C18H22N2O3. The molecule has 2 aromatic rings. The molecule has 1 aliphatic carbocycles. The molecule has 1 aliphatic heterocycles. The molecule has 0 unspecified atom stereocenters. The van der Waals surface area contributed by atoms with Gasteiger partial charge in [0.15, 0.2) is 0 Å². The molecule has 1 saturated carbocycles. The van der Waals surface area contributed by atoms with E-state index < -0.39 is 5.60 Å². The van der Waals surface area contributed by atoms with Crippen molar-refractivity contribution in [3.63, 3.8) is 0 Å². The summed E-state index contributed by atoms with van der Waals surface area (Å²) in [6.07, 6.45) is 6.97. The summed E-state index contributed by atoms with van der Waals surface area (Å²) in [6.45, 7) is 0.877. The van der Waals surface area contributed by atoms with E-state index in [2.05, 4.69) is 9.97 Å². The number of aryl methyl sites for hydroxylation is 1. The van der Waals surface area contributed by atoms with Crippen LogP contribution in [0.5, 0.6) is 5.88 Å². The normalized spacial score (nSPS) is 29.8. The van der Waals surface area contributed by atoms with E-state index in [9.17, 15) is 5.11 Å². The molecule has 4 rings (SSSR count). The molecule has 5 nitrogen and oxygen atoms in total. The molecule has 0 radical (unpaired) electrons. The number of hydrogen-bond donors (Lipinski definition) is 1. The van der Waals surface area contributed by atoms with Gasteiger partial charge in [0.25, 0.3) is 0 Å². The zero-order chi connectivity index (χ0) is 15.9. The van der Waals surface area contributed by atoms with Crippen LogP contribution < -0.4 is 4.74 Å². The first kappa shape index (κ1) is 14.8. The maximum Gasteiger partial charge on any atom is 0.213 e. The predicted molar refractivity (Wildman–Crippen MR) is 86.5 cm³/mol. The Morgan fingerprint density at radius 3 is 2.70 bits per heavy atom. The first-order valence-corrected chi connectivity index (χ1v) is 8.27. The standard InChI is InChI=1S/C18H22N2O3/c1-22-15-3-2-14-16(20-15)13(5-11-19-14)4-6-17(21)7-9-18(10-8-17)12-23-18/h2-3,5,11,21H,4,6-10,12H2,1H3. The van der Waals surface area contributed by atoms with Crippen molar-refractivity contribution in [2.75, 3.05) is 13.7 Å². The van der Waals surface area contributed by atoms with E-state index in [1.807, 2.05) is 24.4 Å². The minimum atomic E-state index is -0.578. The summed E-state index contributed by atoms with van der Waals surface area (Å²) in [6, 6.07) is 5.74. The zero-order valence-corrected chi connectivity index (χ0v) is 13.4. The number of methoxy groups -OCH3 is 1. The van der Waals surface area contributed by atoms with Crippen LogP contribution in [0, 0.1) is 0 Å². The number of aromatic nitrogens is 2. The second-order valence-corrected chi connectivity index (χ2v) is 6.89. The number of fused-ring (bicyclic) bond motifs is 1. The van der Waals surface area contributed by atoms with E-state index in [0.717, 1.165) is 61.7 Å². The van der Waals surface area contributed by atoms with Crippen LogP contribution in [0.3, 0.4) is 0 Å². The second kappa shape index (κ2) is 5.42. The Morgan fingerprint density at radius 2 is 2.00 bits per heavy atom. The first-order valence-electron chi connectivity index (χ1n) is 8.27. The maximum absolute atomic E-state index is 10.8. The monoisotopic (exact) mass is 314 g/mol. The van der Waals surface area contributed by atoms with E-state index in [0.29, 0.717) is 5.88 Å². The number of pyridine rings is 2. The van der Waals surface area contributed by atoms with Gasteiger partial charge in [-0.3, -0.25) is 4.98 Å². The average Bonchev–Trinajstić information content (AvgIpc) is 3.36. The van der Waals surface area contributed by atoms with Gasteiger partial charge in [0.05, 0.1) is 36.0 Å². The number of hydrogen-bond acceptors (Lipinski definition) is 5. The van der Waals surface area contributed by atoms with Gasteiger partial charge in [-0.15, -0.1) is 0 Å². The van der Waals surface area contributed by atoms with Crippen LogP contribution in [-0.4, -0.2) is 40.0 Å². The van der Waals surface area contributed by atoms with Crippen molar-refractivity contribution in [1.82, 2.24) is 9.97 Å². The summed E-state index contributed by atoms with van der Waals surface area (Å²) in [4.78, 5) is 8.89. The second-order valence-electron chi connectivity index (χ2n) is 6.89. The van der Waals surface area contributed by atoms with Crippen LogP contribution in [0.2, 0.25) is 0 Å². The van der Waals surface area contributed by atoms with E-state index >= 15 is 0 Å². The van der Waals surface area contributed by atoms with E-state index in [4.69, 9.17) is 9.47 Å². The van der Waals surface area contributed by atoms with E-state index in [1.54, 1.807) is 7.11 Å². The molecule has 0 atom stereocenters. The Hall–Kier alpha value is -1.72. The first-order chi connectivity index (χ1) is 11.1. The molecule has 0 aromatic carbocycles. The van der Waals surface area contributed by atoms with Gasteiger partial charge in [0.1, 0.15) is 0 Å². The predicted octanol–water partition coefficient (Wildman–Crippen LogP) is 2.65. The van der Waals surface area contributed by atoms with Crippen LogP contribution in [0.15, 0.2) is 24.4 Å². The van der Waals surface area contributed by atoms with Crippen LogP contribution in [-0.2, 0) is 11.2 Å². The van der Waals surface area contributed by atoms with Gasteiger partial charge in [0.2, 0.25) is 5.88 Å². The summed E-state index contributed by atoms with van der Waals surface area (Å²) < 4.78 is 10.8. The highest BCUT2D eigenvalue weighted by Crippen LogP contribution is 2.46. The fourth-order valence-corrected chi connectivity index (χ4v) is 3.56. The summed E-state index contributed by atoms with van der Waals surface area (Å²) in [5.41, 5.74) is 2.39. The molecule has 2 aliphatic rings. The van der Waals surface area contributed by atoms with Crippen LogP contribution in [0.4, 0.5) is 0 Å². The minimum absolute atomic E-state index is 0.116. The highest BCUT2D eigenvalue weighted by atomic mass is 16.6. The lowest BCUT2D eigenvalue weighted by Crippen LogP contribution is -2.37. The Kier molecular flexibility index (Phi) is 3.50. The third-order valence-electron chi connectivity index (χ3n) is 5.36. The molecule has 122 valence electrons. The van der Waals surface area contributed by atoms with Gasteiger partial charge < -0.3 is 14.6 Å². The summed E-state index contributed by atoms with van der Waals surface area (Å²) in [7, 11) is 1.62. The van der Waals surface area contributed by atoms with Crippen LogP contribution >= 0.6 is 0 Å². The maximum atomic E-state index is 10.8. The third-order valence-corrected chi connectivity index (χ3v) is 5.36. The smallest absolute Gasteiger partial charge is 0.213 e. The fourth-order valence-electron chi connectivity index (χ4n) is 3.56. The van der Waals surface area contributed by atoms with Crippen molar-refractivity contribution in [1.29, 1.82) is 0 Å². The van der Waals surface area contributed by atoms with Gasteiger partial charge in [-0.2, -0.15) is 0 Å². The molecule has 0 bridgehead atoms. The zero-order valence-electron chi connectivity index (χ0n) is 13.4. The van der Waals surface area contributed by atoms with Gasteiger partial charge in [-0.1, -0.05) is 0 Å². The van der Waals surface area contributed by atoms with E-state index in [-0.39, 0.29) is 5.60 Å². The Balaban J connectivity index is 1.51. The van der Waals surface area contributed by atoms with Gasteiger partial charge in [-0.05, 0) is 56.2 Å². The third kappa shape index (κ3) is 2.91. The lowest BCUT2D eigenvalue weighted by atomic mass is 9.76. The van der Waals surface area contributed by atoms with Crippen LogP contribution in [0.25, 0.3) is 11.0 Å². The minimum Gasteiger partial charge on any atom is -0.481 e. The van der Waals surface area contributed by atoms with Gasteiger partial charge >= 0.3 is 0 Å². The average molecular weight is 314 g/mol. The van der Waals surface area contributed by atoms with Crippen molar-refractivity contribution in [3.05, 3.63) is 30.0 Å². The number of aliphatic hydroxyl groups is 1. The van der Waals surface area contributed by atoms with E-state index in [1.165, 1.54) is 0 Å². The Bertz CT molecular complexity index is 717. The van der Waals surface area contributed by atoms with Crippen molar-refractivity contribution >= 4 is 11.0 Å². The van der Waals surface area contributed by atoms with Crippen molar-refractivity contribution in [3.8, 4) is 5.88 Å². The largest absolute Gasteiger partial charge is 0.481 e. The SMILES string of the molecule is COc1ccc2nccc(CCC3(O)CCC4(CC3)CO4)c2n1. The highest BCUT2D eigenvalue weighted by molar-refractivity contribution is 5.78. The summed E-state index contributed by atoms with van der Waals surface area (Å²) in [5.74, 6) is 0.593.